The molecule has 0 aromatic heterocycles. The van der Waals surface area contributed by atoms with Crippen LogP contribution in [0.5, 0.6) is 0 Å². The lowest BCUT2D eigenvalue weighted by Gasteiger charge is -2.41. The number of rotatable bonds is 7. The molecule has 1 aliphatic rings. The zero-order valence-corrected chi connectivity index (χ0v) is 12.2. The van der Waals surface area contributed by atoms with E-state index in [9.17, 15) is 0 Å². The SMILES string of the molecule is CCCC(NCC)C(CC)N1CCN(C)CC1. The molecule has 1 heterocycles. The maximum atomic E-state index is 3.69. The molecule has 3 nitrogen and oxygen atoms in total. The first kappa shape index (κ1) is 14.9. The largest absolute Gasteiger partial charge is 0.313 e. The van der Waals surface area contributed by atoms with Crippen molar-refractivity contribution >= 4 is 0 Å². The summed E-state index contributed by atoms with van der Waals surface area (Å²) in [7, 11) is 2.23. The molecule has 1 saturated heterocycles. The summed E-state index contributed by atoms with van der Waals surface area (Å²) in [6, 6.07) is 1.40. The number of piperazine rings is 1. The first-order chi connectivity index (χ1) is 8.22. The molecule has 1 N–H and O–H groups in total. The molecule has 102 valence electrons. The first-order valence-corrected chi connectivity index (χ1v) is 7.38. The van der Waals surface area contributed by atoms with Crippen LogP contribution in [0.2, 0.25) is 0 Å². The van der Waals surface area contributed by atoms with Gasteiger partial charge in [-0.1, -0.05) is 27.2 Å². The van der Waals surface area contributed by atoms with Gasteiger partial charge in [0.15, 0.2) is 0 Å². The quantitative estimate of drug-likeness (QED) is 0.733. The summed E-state index contributed by atoms with van der Waals surface area (Å²) in [5.74, 6) is 0. The normalized spacial score (nSPS) is 22.6. The maximum Gasteiger partial charge on any atom is 0.0247 e. The van der Waals surface area contributed by atoms with E-state index < -0.39 is 0 Å². The van der Waals surface area contributed by atoms with Crippen LogP contribution in [0.25, 0.3) is 0 Å². The van der Waals surface area contributed by atoms with Crippen LogP contribution in [0.1, 0.15) is 40.0 Å². The maximum absolute atomic E-state index is 3.69. The van der Waals surface area contributed by atoms with E-state index in [0.29, 0.717) is 6.04 Å². The summed E-state index contributed by atoms with van der Waals surface area (Å²) in [5, 5.41) is 3.69. The van der Waals surface area contributed by atoms with Crippen molar-refractivity contribution in [3.8, 4) is 0 Å². The summed E-state index contributed by atoms with van der Waals surface area (Å²) in [5.41, 5.74) is 0. The van der Waals surface area contributed by atoms with Crippen LogP contribution in [-0.4, -0.2) is 61.7 Å². The number of nitrogens with one attached hydrogen (secondary N) is 1. The lowest BCUT2D eigenvalue weighted by Crippen LogP contribution is -2.55. The Balaban J connectivity index is 2.54. The lowest BCUT2D eigenvalue weighted by atomic mass is 9.98. The molecule has 0 radical (unpaired) electrons. The number of hydrogen-bond donors (Lipinski definition) is 1. The van der Waals surface area contributed by atoms with Crippen molar-refractivity contribution in [1.82, 2.24) is 15.1 Å². The zero-order valence-electron chi connectivity index (χ0n) is 12.2. The van der Waals surface area contributed by atoms with Gasteiger partial charge in [0.2, 0.25) is 0 Å². The molecule has 1 aliphatic heterocycles. The molecule has 0 spiro atoms. The molecule has 2 atom stereocenters. The molecule has 1 fully saturated rings. The molecular weight excluding hydrogens is 210 g/mol. The van der Waals surface area contributed by atoms with E-state index in [1.165, 1.54) is 45.4 Å². The van der Waals surface area contributed by atoms with Crippen molar-refractivity contribution in [2.75, 3.05) is 39.8 Å². The lowest BCUT2D eigenvalue weighted by molar-refractivity contribution is 0.0860. The minimum Gasteiger partial charge on any atom is -0.313 e. The second-order valence-electron chi connectivity index (χ2n) is 5.27. The molecule has 0 bridgehead atoms. The molecule has 17 heavy (non-hydrogen) atoms. The molecule has 0 aliphatic carbocycles. The van der Waals surface area contributed by atoms with Crippen molar-refractivity contribution in [2.45, 2.75) is 52.1 Å². The second-order valence-corrected chi connectivity index (χ2v) is 5.27. The Kier molecular flexibility index (Phi) is 7.09. The van der Waals surface area contributed by atoms with E-state index in [2.05, 4.69) is 42.9 Å². The highest BCUT2D eigenvalue weighted by Gasteiger charge is 2.26. The number of hydrogen-bond acceptors (Lipinski definition) is 3. The summed E-state index contributed by atoms with van der Waals surface area (Å²) < 4.78 is 0. The number of likely N-dealkylation sites (N-methyl/N-ethyl adjacent to an activating group) is 2. The molecule has 2 unspecified atom stereocenters. The predicted molar refractivity (Wildman–Crippen MR) is 75.5 cm³/mol. The van der Waals surface area contributed by atoms with Gasteiger partial charge >= 0.3 is 0 Å². The summed E-state index contributed by atoms with van der Waals surface area (Å²) in [6.45, 7) is 12.9. The van der Waals surface area contributed by atoms with E-state index in [-0.39, 0.29) is 0 Å². The van der Waals surface area contributed by atoms with Crippen LogP contribution in [0.4, 0.5) is 0 Å². The zero-order chi connectivity index (χ0) is 12.7. The van der Waals surface area contributed by atoms with Crippen molar-refractivity contribution in [2.24, 2.45) is 0 Å². The fraction of sp³-hybridized carbons (Fsp3) is 1.00. The van der Waals surface area contributed by atoms with Crippen molar-refractivity contribution in [1.29, 1.82) is 0 Å². The van der Waals surface area contributed by atoms with Crippen molar-refractivity contribution < 1.29 is 0 Å². The summed E-state index contributed by atoms with van der Waals surface area (Å²) >= 11 is 0. The Bertz CT molecular complexity index is 182. The highest BCUT2D eigenvalue weighted by Crippen LogP contribution is 2.15. The van der Waals surface area contributed by atoms with Gasteiger partial charge in [-0.3, -0.25) is 4.90 Å². The monoisotopic (exact) mass is 241 g/mol. The molecule has 0 aromatic rings. The van der Waals surface area contributed by atoms with Crippen LogP contribution >= 0.6 is 0 Å². The standard InChI is InChI=1S/C14H31N3/c1-5-8-13(15-7-3)14(6-2)17-11-9-16(4)10-12-17/h13-15H,5-12H2,1-4H3. The van der Waals surface area contributed by atoms with E-state index in [1.807, 2.05) is 0 Å². The first-order valence-electron chi connectivity index (χ1n) is 7.38. The number of nitrogens with zero attached hydrogens (tertiary/aromatic N) is 2. The third-order valence-corrected chi connectivity index (χ3v) is 3.96. The Morgan fingerprint density at radius 2 is 1.71 bits per heavy atom. The highest BCUT2D eigenvalue weighted by atomic mass is 15.3. The molecule has 3 heteroatoms. The van der Waals surface area contributed by atoms with Gasteiger partial charge in [0.05, 0.1) is 0 Å². The van der Waals surface area contributed by atoms with Gasteiger partial charge in [-0.2, -0.15) is 0 Å². The Labute approximate surface area is 108 Å². The van der Waals surface area contributed by atoms with E-state index in [4.69, 9.17) is 0 Å². The summed E-state index contributed by atoms with van der Waals surface area (Å²) in [4.78, 5) is 5.13. The third-order valence-electron chi connectivity index (χ3n) is 3.96. The van der Waals surface area contributed by atoms with E-state index in [1.54, 1.807) is 0 Å². The predicted octanol–water partition coefficient (Wildman–Crippen LogP) is 1.79. The van der Waals surface area contributed by atoms with Gasteiger partial charge in [0, 0.05) is 38.3 Å². The molecule has 1 rings (SSSR count). The molecule has 0 aromatic carbocycles. The average Bonchev–Trinajstić information content (AvgIpc) is 2.33. The topological polar surface area (TPSA) is 18.5 Å². The van der Waals surface area contributed by atoms with Crippen LogP contribution in [0.15, 0.2) is 0 Å². The highest BCUT2D eigenvalue weighted by molar-refractivity contribution is 4.85. The fourth-order valence-electron chi connectivity index (χ4n) is 2.95. The minimum atomic E-state index is 0.679. The minimum absolute atomic E-state index is 0.679. The van der Waals surface area contributed by atoms with Crippen LogP contribution < -0.4 is 5.32 Å². The van der Waals surface area contributed by atoms with E-state index >= 15 is 0 Å². The van der Waals surface area contributed by atoms with Crippen LogP contribution in [-0.2, 0) is 0 Å². The second kappa shape index (κ2) is 8.06. The molecule has 0 amide bonds. The average molecular weight is 241 g/mol. The summed E-state index contributed by atoms with van der Waals surface area (Å²) in [6.07, 6.45) is 3.85. The van der Waals surface area contributed by atoms with Gasteiger partial charge in [-0.25, -0.2) is 0 Å². The molecular formula is C14H31N3. The van der Waals surface area contributed by atoms with Gasteiger partial charge in [-0.15, -0.1) is 0 Å². The van der Waals surface area contributed by atoms with Crippen LogP contribution in [0.3, 0.4) is 0 Å². The Hall–Kier alpha value is -0.120. The Morgan fingerprint density at radius 3 is 2.18 bits per heavy atom. The Morgan fingerprint density at radius 1 is 1.06 bits per heavy atom. The van der Waals surface area contributed by atoms with Gasteiger partial charge < -0.3 is 10.2 Å². The van der Waals surface area contributed by atoms with Gasteiger partial charge in [0.1, 0.15) is 0 Å². The van der Waals surface area contributed by atoms with E-state index in [0.717, 1.165) is 12.6 Å². The molecule has 0 saturated carbocycles. The van der Waals surface area contributed by atoms with Gasteiger partial charge in [-0.05, 0) is 26.4 Å². The fourth-order valence-corrected chi connectivity index (χ4v) is 2.95. The smallest absolute Gasteiger partial charge is 0.0247 e. The van der Waals surface area contributed by atoms with Crippen molar-refractivity contribution in [3.05, 3.63) is 0 Å². The van der Waals surface area contributed by atoms with Gasteiger partial charge in [0.25, 0.3) is 0 Å². The third kappa shape index (κ3) is 4.57. The van der Waals surface area contributed by atoms with Crippen molar-refractivity contribution in [3.63, 3.8) is 0 Å². The van der Waals surface area contributed by atoms with Crippen LogP contribution in [0, 0.1) is 0 Å².